The first-order valence-electron chi connectivity index (χ1n) is 19.0. The lowest BCUT2D eigenvalue weighted by atomic mass is 9.80. The van der Waals surface area contributed by atoms with E-state index in [0.717, 1.165) is 11.1 Å². The van der Waals surface area contributed by atoms with Crippen molar-refractivity contribution in [1.82, 2.24) is 0 Å². The molecule has 4 saturated carbocycles. The number of benzene rings is 4. The first-order valence-corrected chi connectivity index (χ1v) is 19.0. The zero-order valence-electron chi connectivity index (χ0n) is 29.3. The highest BCUT2D eigenvalue weighted by molar-refractivity contribution is 5.86. The summed E-state index contributed by atoms with van der Waals surface area (Å²) in [5.74, 6) is -1.22. The van der Waals surface area contributed by atoms with Crippen LogP contribution in [0.25, 0.3) is 22.3 Å². The van der Waals surface area contributed by atoms with Gasteiger partial charge in [0.05, 0.1) is 10.8 Å². The highest BCUT2D eigenvalue weighted by Gasteiger charge is 2.52. The Balaban J connectivity index is 0.000000159. The van der Waals surface area contributed by atoms with E-state index in [1.54, 1.807) is 24.3 Å². The molecule has 0 aromatic heterocycles. The van der Waals surface area contributed by atoms with Gasteiger partial charge in [0.1, 0.15) is 11.6 Å². The van der Waals surface area contributed by atoms with Gasteiger partial charge in [0.15, 0.2) is 0 Å². The second-order valence-corrected chi connectivity index (χ2v) is 15.4. The second kappa shape index (κ2) is 14.7. The molecule has 0 spiro atoms. The quantitative estimate of drug-likeness (QED) is 0.181. The summed E-state index contributed by atoms with van der Waals surface area (Å²) >= 11 is 0. The molecule has 0 amide bonds. The maximum absolute atomic E-state index is 14.9. The van der Waals surface area contributed by atoms with Crippen LogP contribution in [0, 0.1) is 11.6 Å². The molecule has 2 N–H and O–H groups in total. The van der Waals surface area contributed by atoms with Gasteiger partial charge >= 0.3 is 11.9 Å². The fourth-order valence-electron chi connectivity index (χ4n) is 8.64. The number of aliphatic carboxylic acids is 2. The Hall–Kier alpha value is -4.32. The summed E-state index contributed by atoms with van der Waals surface area (Å²) in [5, 5.41) is 18.8. The zero-order valence-corrected chi connectivity index (χ0v) is 29.3. The number of carboxylic acids is 2. The minimum Gasteiger partial charge on any atom is -0.481 e. The summed E-state index contributed by atoms with van der Waals surface area (Å²) in [7, 11) is 0. The summed E-state index contributed by atoms with van der Waals surface area (Å²) in [5.41, 5.74) is 4.99. The molecular weight excluding hydrogens is 642 g/mol. The standard InChI is InChI=1S/C23H25FO2.C22H23FO2/c24-21-15-19(23(13-14-23)22(25)26)11-12-20(21)18-9-7-17(8-10-18)16-5-3-1-2-4-6-16;23-20-14-16(22(12-13-22)21(24)25)10-11-19(20)18-9-5-4-8-17(18)15-6-2-1-3-7-15/h7-12,15-16H,1-6,13-14H2,(H,25,26);4-5,8-11,14-15H,1-3,6-7,12-13H2,(H,24,25). The molecule has 0 heterocycles. The molecule has 0 aliphatic heterocycles. The molecular formula is C45H48F2O4. The Kier molecular flexibility index (Phi) is 10.1. The van der Waals surface area contributed by atoms with Crippen LogP contribution in [-0.2, 0) is 20.4 Å². The molecule has 4 nitrogen and oxygen atoms in total. The molecule has 8 rings (SSSR count). The van der Waals surface area contributed by atoms with Gasteiger partial charge in [-0.3, -0.25) is 9.59 Å². The van der Waals surface area contributed by atoms with Crippen molar-refractivity contribution in [3.8, 4) is 22.3 Å². The molecule has 0 radical (unpaired) electrons. The van der Waals surface area contributed by atoms with Gasteiger partial charge in [0.25, 0.3) is 0 Å². The molecule has 4 aliphatic rings. The molecule has 0 saturated heterocycles. The lowest BCUT2D eigenvalue weighted by molar-refractivity contribution is -0.141. The molecule has 6 heteroatoms. The van der Waals surface area contributed by atoms with Crippen LogP contribution < -0.4 is 0 Å². The van der Waals surface area contributed by atoms with Crippen molar-refractivity contribution >= 4 is 11.9 Å². The summed E-state index contributed by atoms with van der Waals surface area (Å²) in [6.07, 6.45) is 16.3. The molecule has 266 valence electrons. The van der Waals surface area contributed by atoms with E-state index in [2.05, 4.69) is 18.2 Å². The van der Waals surface area contributed by atoms with E-state index in [4.69, 9.17) is 0 Å². The molecule has 0 unspecified atom stereocenters. The van der Waals surface area contributed by atoms with Crippen molar-refractivity contribution < 1.29 is 28.6 Å². The van der Waals surface area contributed by atoms with Gasteiger partial charge in [-0.2, -0.15) is 0 Å². The zero-order chi connectivity index (χ0) is 35.6. The van der Waals surface area contributed by atoms with Crippen LogP contribution in [0.2, 0.25) is 0 Å². The second-order valence-electron chi connectivity index (χ2n) is 15.4. The Morgan fingerprint density at radius 1 is 0.529 bits per heavy atom. The van der Waals surface area contributed by atoms with E-state index in [1.165, 1.54) is 93.9 Å². The van der Waals surface area contributed by atoms with Crippen LogP contribution in [0.5, 0.6) is 0 Å². The van der Waals surface area contributed by atoms with Gasteiger partial charge in [-0.1, -0.05) is 118 Å². The fraction of sp³-hybridized carbons (Fsp3) is 0.422. The monoisotopic (exact) mass is 690 g/mol. The Morgan fingerprint density at radius 2 is 1.00 bits per heavy atom. The molecule has 4 aliphatic carbocycles. The van der Waals surface area contributed by atoms with Crippen molar-refractivity contribution in [2.75, 3.05) is 0 Å². The topological polar surface area (TPSA) is 74.6 Å². The number of carbonyl (C=O) groups is 2. The third kappa shape index (κ3) is 7.24. The Morgan fingerprint density at radius 3 is 1.49 bits per heavy atom. The van der Waals surface area contributed by atoms with E-state index in [0.29, 0.717) is 59.8 Å². The highest BCUT2D eigenvalue weighted by Crippen LogP contribution is 2.50. The first-order chi connectivity index (χ1) is 24.7. The lowest BCUT2D eigenvalue weighted by Crippen LogP contribution is -2.19. The van der Waals surface area contributed by atoms with Crippen LogP contribution in [0.4, 0.5) is 8.78 Å². The molecule has 4 aromatic carbocycles. The molecule has 51 heavy (non-hydrogen) atoms. The number of hydrogen-bond acceptors (Lipinski definition) is 2. The third-order valence-corrected chi connectivity index (χ3v) is 12.2. The van der Waals surface area contributed by atoms with Crippen molar-refractivity contribution in [1.29, 1.82) is 0 Å². The number of carboxylic acid groups (broad SMARTS) is 2. The van der Waals surface area contributed by atoms with E-state index in [9.17, 15) is 28.6 Å². The Bertz CT molecular complexity index is 1870. The van der Waals surface area contributed by atoms with E-state index in [1.807, 2.05) is 30.3 Å². The van der Waals surface area contributed by atoms with Gasteiger partial charge < -0.3 is 10.2 Å². The summed E-state index contributed by atoms with van der Waals surface area (Å²) in [4.78, 5) is 22.9. The molecule has 0 atom stereocenters. The predicted molar refractivity (Wildman–Crippen MR) is 197 cm³/mol. The smallest absolute Gasteiger partial charge is 0.314 e. The maximum atomic E-state index is 14.9. The van der Waals surface area contributed by atoms with E-state index < -0.39 is 22.8 Å². The number of halogens is 2. The number of hydrogen-bond donors (Lipinski definition) is 2. The molecule has 4 aromatic rings. The molecule has 4 fully saturated rings. The van der Waals surface area contributed by atoms with Crippen molar-refractivity contribution in [3.05, 3.63) is 119 Å². The lowest BCUT2D eigenvalue weighted by Gasteiger charge is -2.24. The van der Waals surface area contributed by atoms with Crippen LogP contribution in [0.15, 0.2) is 84.9 Å². The number of rotatable bonds is 8. The van der Waals surface area contributed by atoms with Gasteiger partial charge in [-0.05, 0) is 109 Å². The highest BCUT2D eigenvalue weighted by atomic mass is 19.1. The molecule has 0 bridgehead atoms. The van der Waals surface area contributed by atoms with Crippen LogP contribution in [-0.4, -0.2) is 22.2 Å². The predicted octanol–water partition coefficient (Wildman–Crippen LogP) is 11.7. The van der Waals surface area contributed by atoms with Gasteiger partial charge in [-0.25, -0.2) is 8.78 Å². The van der Waals surface area contributed by atoms with E-state index in [-0.39, 0.29) is 11.6 Å². The fourth-order valence-corrected chi connectivity index (χ4v) is 8.64. The van der Waals surface area contributed by atoms with Gasteiger partial charge in [0, 0.05) is 11.1 Å². The summed E-state index contributed by atoms with van der Waals surface area (Å²) in [6.45, 7) is 0. The minimum absolute atomic E-state index is 0.312. The largest absolute Gasteiger partial charge is 0.481 e. The van der Waals surface area contributed by atoms with Crippen molar-refractivity contribution in [2.24, 2.45) is 0 Å². The average Bonchev–Trinajstić information content (AvgIpc) is 4.06. The van der Waals surface area contributed by atoms with Crippen LogP contribution in [0.1, 0.15) is 130 Å². The Labute approximate surface area is 299 Å². The van der Waals surface area contributed by atoms with Crippen LogP contribution >= 0.6 is 0 Å². The van der Waals surface area contributed by atoms with Crippen LogP contribution in [0.3, 0.4) is 0 Å². The van der Waals surface area contributed by atoms with Crippen molar-refractivity contribution in [3.63, 3.8) is 0 Å². The average molecular weight is 691 g/mol. The maximum Gasteiger partial charge on any atom is 0.314 e. The minimum atomic E-state index is -0.859. The van der Waals surface area contributed by atoms with Gasteiger partial charge in [0.2, 0.25) is 0 Å². The SMILES string of the molecule is O=C(O)C1(c2ccc(-c3ccc(C4CCCCCC4)cc3)c(F)c2)CC1.O=C(O)C1(c2ccc(-c3ccccc3C3CCCCC3)c(F)c2)CC1. The summed E-state index contributed by atoms with van der Waals surface area (Å²) < 4.78 is 29.6. The van der Waals surface area contributed by atoms with Crippen molar-refractivity contribution in [2.45, 2.75) is 119 Å². The summed E-state index contributed by atoms with van der Waals surface area (Å²) in [6, 6.07) is 26.3. The normalized spacial score (nSPS) is 19.6. The first kappa shape index (κ1) is 35.1. The third-order valence-electron chi connectivity index (χ3n) is 12.2. The van der Waals surface area contributed by atoms with Gasteiger partial charge in [-0.15, -0.1) is 0 Å². The van der Waals surface area contributed by atoms with E-state index >= 15 is 0 Å².